The largest absolute Gasteiger partial charge is 0.379 e. The number of morpholine rings is 1. The first-order chi connectivity index (χ1) is 15.7. The highest BCUT2D eigenvalue weighted by Gasteiger charge is 2.12. The smallest absolute Gasteiger partial charge is 0.227 e. The first-order valence-corrected chi connectivity index (χ1v) is 11.3. The second-order valence-electron chi connectivity index (χ2n) is 7.82. The van der Waals surface area contributed by atoms with Gasteiger partial charge in [-0.2, -0.15) is 0 Å². The van der Waals surface area contributed by atoms with Crippen molar-refractivity contribution in [3.63, 3.8) is 0 Å². The molecule has 0 unspecified atom stereocenters. The Morgan fingerprint density at radius 1 is 1.06 bits per heavy atom. The minimum Gasteiger partial charge on any atom is -0.379 e. The SMILES string of the molecule is O=C(CCCN1CCOCC1)c1ccc(Nc2nccc(Cc3ccccc3Cl)n2)cc1. The summed E-state index contributed by atoms with van der Waals surface area (Å²) in [7, 11) is 0. The Hall–Kier alpha value is -2.80. The highest BCUT2D eigenvalue weighted by Crippen LogP contribution is 2.20. The van der Waals surface area contributed by atoms with Gasteiger partial charge in [0.15, 0.2) is 5.78 Å². The monoisotopic (exact) mass is 450 g/mol. The van der Waals surface area contributed by atoms with Gasteiger partial charge >= 0.3 is 0 Å². The maximum atomic E-state index is 12.5. The molecule has 0 radical (unpaired) electrons. The summed E-state index contributed by atoms with van der Waals surface area (Å²) in [6, 6.07) is 17.1. The summed E-state index contributed by atoms with van der Waals surface area (Å²) in [6.07, 6.45) is 3.78. The minimum absolute atomic E-state index is 0.169. The average molecular weight is 451 g/mol. The highest BCUT2D eigenvalue weighted by atomic mass is 35.5. The Morgan fingerprint density at radius 3 is 2.62 bits per heavy atom. The van der Waals surface area contributed by atoms with Gasteiger partial charge in [0, 0.05) is 48.4 Å². The number of nitrogens with one attached hydrogen (secondary N) is 1. The number of halogens is 1. The van der Waals surface area contributed by atoms with Crippen molar-refractivity contribution in [3.05, 3.63) is 82.6 Å². The van der Waals surface area contributed by atoms with E-state index in [4.69, 9.17) is 16.3 Å². The maximum Gasteiger partial charge on any atom is 0.227 e. The van der Waals surface area contributed by atoms with Crippen molar-refractivity contribution in [1.82, 2.24) is 14.9 Å². The Kier molecular flexibility index (Phi) is 7.82. The van der Waals surface area contributed by atoms with Crippen molar-refractivity contribution >= 4 is 29.0 Å². The summed E-state index contributed by atoms with van der Waals surface area (Å²) < 4.78 is 5.36. The van der Waals surface area contributed by atoms with E-state index in [9.17, 15) is 4.79 Å². The van der Waals surface area contributed by atoms with Crippen LogP contribution in [0.3, 0.4) is 0 Å². The van der Waals surface area contributed by atoms with E-state index < -0.39 is 0 Å². The van der Waals surface area contributed by atoms with Gasteiger partial charge in [-0.25, -0.2) is 9.97 Å². The third-order valence-corrected chi connectivity index (χ3v) is 5.86. The highest BCUT2D eigenvalue weighted by molar-refractivity contribution is 6.31. The van der Waals surface area contributed by atoms with Crippen molar-refractivity contribution in [2.24, 2.45) is 0 Å². The van der Waals surface area contributed by atoms with E-state index >= 15 is 0 Å². The molecular weight excluding hydrogens is 424 g/mol. The van der Waals surface area contributed by atoms with Gasteiger partial charge in [0.05, 0.1) is 18.9 Å². The molecule has 0 bridgehead atoms. The van der Waals surface area contributed by atoms with Crippen LogP contribution in [-0.2, 0) is 11.2 Å². The Labute approximate surface area is 193 Å². The maximum absolute atomic E-state index is 12.5. The van der Waals surface area contributed by atoms with Gasteiger partial charge in [-0.3, -0.25) is 9.69 Å². The number of anilines is 2. The number of ether oxygens (including phenoxy) is 1. The fourth-order valence-corrected chi connectivity index (χ4v) is 3.90. The number of nitrogens with zero attached hydrogens (tertiary/aromatic N) is 3. The van der Waals surface area contributed by atoms with Gasteiger partial charge in [-0.05, 0) is 54.9 Å². The zero-order valence-electron chi connectivity index (χ0n) is 18.0. The summed E-state index contributed by atoms with van der Waals surface area (Å²) >= 11 is 6.26. The van der Waals surface area contributed by atoms with Crippen LogP contribution in [0.5, 0.6) is 0 Å². The van der Waals surface area contributed by atoms with Gasteiger partial charge in [0.25, 0.3) is 0 Å². The molecule has 0 spiro atoms. The Bertz CT molecular complexity index is 1040. The molecule has 3 aromatic rings. The second-order valence-corrected chi connectivity index (χ2v) is 8.23. The number of ketones is 1. The molecule has 7 heteroatoms. The van der Waals surface area contributed by atoms with E-state index in [0.717, 1.165) is 66.8 Å². The average Bonchev–Trinajstić information content (AvgIpc) is 2.82. The molecular formula is C25H27ClN4O2. The van der Waals surface area contributed by atoms with Crippen LogP contribution in [0.4, 0.5) is 11.6 Å². The second kappa shape index (κ2) is 11.2. The summed E-state index contributed by atoms with van der Waals surface area (Å²) in [4.78, 5) is 23.7. The number of carbonyl (C=O) groups excluding carboxylic acids is 1. The van der Waals surface area contributed by atoms with Crippen molar-refractivity contribution in [2.45, 2.75) is 19.3 Å². The zero-order chi connectivity index (χ0) is 22.2. The van der Waals surface area contributed by atoms with Crippen LogP contribution < -0.4 is 5.32 Å². The van der Waals surface area contributed by atoms with Crippen LogP contribution in [-0.4, -0.2) is 53.5 Å². The molecule has 1 saturated heterocycles. The molecule has 1 aromatic heterocycles. The first-order valence-electron chi connectivity index (χ1n) is 10.9. The lowest BCUT2D eigenvalue weighted by molar-refractivity contribution is 0.0371. The zero-order valence-corrected chi connectivity index (χ0v) is 18.7. The fraction of sp³-hybridized carbons (Fsp3) is 0.320. The van der Waals surface area contributed by atoms with Crippen LogP contribution in [0.2, 0.25) is 5.02 Å². The molecule has 0 amide bonds. The quantitative estimate of drug-likeness (QED) is 0.474. The number of hydrogen-bond donors (Lipinski definition) is 1. The van der Waals surface area contributed by atoms with Crippen molar-refractivity contribution in [3.8, 4) is 0 Å². The Morgan fingerprint density at radius 2 is 1.84 bits per heavy atom. The van der Waals surface area contributed by atoms with Gasteiger partial charge in [0.2, 0.25) is 5.95 Å². The third-order valence-electron chi connectivity index (χ3n) is 5.49. The number of hydrogen-bond acceptors (Lipinski definition) is 6. The number of benzene rings is 2. The first kappa shape index (κ1) is 22.4. The van der Waals surface area contributed by atoms with Crippen LogP contribution in [0.25, 0.3) is 0 Å². The molecule has 32 heavy (non-hydrogen) atoms. The fourth-order valence-electron chi connectivity index (χ4n) is 3.69. The van der Waals surface area contributed by atoms with Crippen LogP contribution in [0.1, 0.15) is 34.5 Å². The Balaban J connectivity index is 1.30. The molecule has 4 rings (SSSR count). The summed E-state index contributed by atoms with van der Waals surface area (Å²) in [6.45, 7) is 4.42. The van der Waals surface area contributed by atoms with E-state index in [2.05, 4.69) is 20.2 Å². The molecule has 1 fully saturated rings. The summed E-state index contributed by atoms with van der Waals surface area (Å²) in [5.74, 6) is 0.682. The molecule has 0 saturated carbocycles. The third kappa shape index (κ3) is 6.36. The topological polar surface area (TPSA) is 67.3 Å². The van der Waals surface area contributed by atoms with Crippen LogP contribution in [0.15, 0.2) is 60.8 Å². The van der Waals surface area contributed by atoms with Gasteiger partial charge in [0.1, 0.15) is 0 Å². The molecule has 6 nitrogen and oxygen atoms in total. The standard InChI is InChI=1S/C25H27ClN4O2/c26-23-5-2-1-4-20(23)18-22-11-12-27-25(29-22)28-21-9-7-19(8-10-21)24(31)6-3-13-30-14-16-32-17-15-30/h1-2,4-5,7-12H,3,6,13-18H2,(H,27,28,29). The lowest BCUT2D eigenvalue weighted by atomic mass is 10.1. The molecule has 166 valence electrons. The van der Waals surface area contributed by atoms with Gasteiger partial charge in [-0.1, -0.05) is 29.8 Å². The summed E-state index contributed by atoms with van der Waals surface area (Å²) in [5.41, 5.74) is 3.47. The number of aromatic nitrogens is 2. The van der Waals surface area contributed by atoms with E-state index in [1.165, 1.54) is 0 Å². The predicted molar refractivity (Wildman–Crippen MR) is 127 cm³/mol. The molecule has 1 aliphatic heterocycles. The molecule has 1 aliphatic rings. The van der Waals surface area contributed by atoms with E-state index in [0.29, 0.717) is 18.8 Å². The van der Waals surface area contributed by atoms with Gasteiger partial charge in [-0.15, -0.1) is 0 Å². The number of Topliss-reactive ketones (excluding diaryl/α,β-unsaturated/α-hetero) is 1. The minimum atomic E-state index is 0.169. The number of carbonyl (C=O) groups is 1. The van der Waals surface area contributed by atoms with Crippen molar-refractivity contribution in [2.75, 3.05) is 38.2 Å². The van der Waals surface area contributed by atoms with E-state index in [1.807, 2.05) is 54.6 Å². The number of rotatable bonds is 9. The van der Waals surface area contributed by atoms with E-state index in [1.54, 1.807) is 6.20 Å². The lowest BCUT2D eigenvalue weighted by Gasteiger charge is -2.26. The molecule has 2 heterocycles. The van der Waals surface area contributed by atoms with Crippen molar-refractivity contribution in [1.29, 1.82) is 0 Å². The predicted octanol–water partition coefficient (Wildman–Crippen LogP) is 4.76. The molecule has 1 N–H and O–H groups in total. The van der Waals surface area contributed by atoms with Gasteiger partial charge < -0.3 is 10.1 Å². The van der Waals surface area contributed by atoms with Crippen LogP contribution >= 0.6 is 11.6 Å². The molecule has 0 atom stereocenters. The summed E-state index contributed by atoms with van der Waals surface area (Å²) in [5, 5.41) is 3.94. The lowest BCUT2D eigenvalue weighted by Crippen LogP contribution is -2.36. The molecule has 2 aromatic carbocycles. The normalized spacial score (nSPS) is 14.3. The molecule has 0 aliphatic carbocycles. The van der Waals surface area contributed by atoms with E-state index in [-0.39, 0.29) is 5.78 Å². The van der Waals surface area contributed by atoms with Crippen LogP contribution in [0, 0.1) is 0 Å². The van der Waals surface area contributed by atoms with Crippen molar-refractivity contribution < 1.29 is 9.53 Å².